The molecule has 0 aliphatic heterocycles. The van der Waals surface area contributed by atoms with Crippen molar-refractivity contribution in [1.82, 2.24) is 15.0 Å². The summed E-state index contributed by atoms with van der Waals surface area (Å²) in [6, 6.07) is 48.8. The predicted molar refractivity (Wildman–Crippen MR) is 202 cm³/mol. The van der Waals surface area contributed by atoms with Crippen molar-refractivity contribution in [2.75, 3.05) is 0 Å². The van der Waals surface area contributed by atoms with Gasteiger partial charge < -0.3 is 4.42 Å². The number of furan rings is 1. The molecule has 0 saturated carbocycles. The van der Waals surface area contributed by atoms with Crippen LogP contribution in [0.15, 0.2) is 144 Å². The third kappa shape index (κ3) is 4.32. The summed E-state index contributed by atoms with van der Waals surface area (Å²) in [5.41, 5.74) is 9.75. The molecule has 0 radical (unpaired) electrons. The normalized spacial score (nSPS) is 13.3. The van der Waals surface area contributed by atoms with Gasteiger partial charge in [0.1, 0.15) is 11.3 Å². The van der Waals surface area contributed by atoms with Crippen molar-refractivity contribution < 1.29 is 4.42 Å². The lowest BCUT2D eigenvalue weighted by Gasteiger charge is -2.21. The van der Waals surface area contributed by atoms with Crippen LogP contribution in [0.25, 0.3) is 87.8 Å². The number of rotatable bonds is 4. The highest BCUT2D eigenvalue weighted by molar-refractivity contribution is 7.26. The Bertz CT molecular complexity index is 2720. The van der Waals surface area contributed by atoms with Crippen molar-refractivity contribution in [3.8, 4) is 56.6 Å². The molecule has 232 valence electrons. The second-order valence-electron chi connectivity index (χ2n) is 13.2. The van der Waals surface area contributed by atoms with Gasteiger partial charge in [0.15, 0.2) is 17.5 Å². The van der Waals surface area contributed by atoms with Crippen LogP contribution in [0.5, 0.6) is 0 Å². The van der Waals surface area contributed by atoms with Gasteiger partial charge in [-0.2, -0.15) is 0 Å². The van der Waals surface area contributed by atoms with Gasteiger partial charge in [-0.15, -0.1) is 11.3 Å². The molecule has 10 rings (SSSR count). The van der Waals surface area contributed by atoms with Crippen LogP contribution in [0.1, 0.15) is 25.0 Å². The third-order valence-electron chi connectivity index (χ3n) is 9.98. The standard InChI is InChI=1S/C44H29N3OS/c1-44(2)34-17-6-4-13-31(34)39-32(15-10-18-35(39)44)42-45-41(27-23-21-26(22-24-27)37-25-28-11-3-7-19-36(28)48-37)46-43(47-42)33-16-9-14-30-29-12-5-8-20-38(29)49-40(30)33/h3-25H,1-2H3. The molecule has 49 heavy (non-hydrogen) atoms. The number of para-hydroxylation sites is 1. The Morgan fingerprint density at radius 2 is 1.16 bits per heavy atom. The van der Waals surface area contributed by atoms with Crippen molar-refractivity contribution >= 4 is 42.5 Å². The van der Waals surface area contributed by atoms with Crippen LogP contribution >= 0.6 is 11.3 Å². The molecule has 3 aromatic heterocycles. The van der Waals surface area contributed by atoms with Crippen LogP contribution in [-0.4, -0.2) is 15.0 Å². The number of hydrogen-bond acceptors (Lipinski definition) is 5. The zero-order chi connectivity index (χ0) is 32.7. The molecule has 6 aromatic carbocycles. The zero-order valence-electron chi connectivity index (χ0n) is 26.9. The number of nitrogens with zero attached hydrogens (tertiary/aromatic N) is 3. The average Bonchev–Trinajstić information content (AvgIpc) is 3.82. The molecule has 3 heterocycles. The van der Waals surface area contributed by atoms with Crippen molar-refractivity contribution in [3.63, 3.8) is 0 Å². The van der Waals surface area contributed by atoms with E-state index in [0.29, 0.717) is 17.5 Å². The second kappa shape index (κ2) is 10.5. The minimum Gasteiger partial charge on any atom is -0.456 e. The molecule has 1 aliphatic carbocycles. The fraction of sp³-hybridized carbons (Fsp3) is 0.0682. The maximum atomic E-state index is 6.17. The monoisotopic (exact) mass is 647 g/mol. The van der Waals surface area contributed by atoms with Gasteiger partial charge in [-0.3, -0.25) is 0 Å². The molecule has 0 bridgehead atoms. The molecule has 0 spiro atoms. The summed E-state index contributed by atoms with van der Waals surface area (Å²) in [5.74, 6) is 2.81. The first-order valence-corrected chi connectivity index (χ1v) is 17.3. The van der Waals surface area contributed by atoms with Gasteiger partial charge in [0.25, 0.3) is 0 Å². The minimum atomic E-state index is -0.129. The molecule has 9 aromatic rings. The summed E-state index contributed by atoms with van der Waals surface area (Å²) < 4.78 is 8.60. The third-order valence-corrected chi connectivity index (χ3v) is 11.2. The molecule has 0 N–H and O–H groups in total. The van der Waals surface area contributed by atoms with Crippen LogP contribution < -0.4 is 0 Å². The lowest BCUT2D eigenvalue weighted by molar-refractivity contribution is 0.631. The van der Waals surface area contributed by atoms with Gasteiger partial charge in [0.2, 0.25) is 0 Å². The molecular formula is C44H29N3OS. The minimum absolute atomic E-state index is 0.129. The molecule has 5 heteroatoms. The first-order chi connectivity index (χ1) is 24.0. The Labute approximate surface area is 287 Å². The van der Waals surface area contributed by atoms with Crippen LogP contribution in [-0.2, 0) is 5.41 Å². The molecule has 4 nitrogen and oxygen atoms in total. The Morgan fingerprint density at radius 3 is 2.04 bits per heavy atom. The quantitative estimate of drug-likeness (QED) is 0.191. The summed E-state index contributed by atoms with van der Waals surface area (Å²) in [5, 5.41) is 3.55. The van der Waals surface area contributed by atoms with E-state index in [4.69, 9.17) is 19.4 Å². The number of aromatic nitrogens is 3. The SMILES string of the molecule is CC1(C)c2ccccc2-c2c(-c3nc(-c4ccc(-c5cc6ccccc6o5)cc4)nc(-c4cccc5c4sc4ccccc45)n3)cccc21. The Kier molecular flexibility index (Phi) is 6.05. The fourth-order valence-electron chi connectivity index (χ4n) is 7.52. The molecule has 0 fully saturated rings. The topological polar surface area (TPSA) is 51.8 Å². The average molecular weight is 648 g/mol. The van der Waals surface area contributed by atoms with Crippen molar-refractivity contribution in [2.45, 2.75) is 19.3 Å². The van der Waals surface area contributed by atoms with E-state index in [1.165, 1.54) is 42.4 Å². The van der Waals surface area contributed by atoms with Crippen LogP contribution in [0.4, 0.5) is 0 Å². The van der Waals surface area contributed by atoms with Gasteiger partial charge in [-0.25, -0.2) is 15.0 Å². The Balaban J connectivity index is 1.18. The number of hydrogen-bond donors (Lipinski definition) is 0. The molecular weight excluding hydrogens is 619 g/mol. The first-order valence-electron chi connectivity index (χ1n) is 16.5. The van der Waals surface area contributed by atoms with E-state index in [9.17, 15) is 0 Å². The largest absolute Gasteiger partial charge is 0.456 e. The second-order valence-corrected chi connectivity index (χ2v) is 14.3. The van der Waals surface area contributed by atoms with E-state index < -0.39 is 0 Å². The number of fused-ring (bicyclic) bond motifs is 7. The van der Waals surface area contributed by atoms with E-state index in [1.54, 1.807) is 11.3 Å². The molecule has 1 aliphatic rings. The lowest BCUT2D eigenvalue weighted by atomic mass is 9.82. The maximum absolute atomic E-state index is 6.17. The summed E-state index contributed by atoms with van der Waals surface area (Å²) in [6.07, 6.45) is 0. The van der Waals surface area contributed by atoms with E-state index in [2.05, 4.69) is 135 Å². The lowest BCUT2D eigenvalue weighted by Crippen LogP contribution is -2.14. The van der Waals surface area contributed by atoms with Gasteiger partial charge >= 0.3 is 0 Å². The summed E-state index contributed by atoms with van der Waals surface area (Å²) >= 11 is 1.79. The van der Waals surface area contributed by atoms with Gasteiger partial charge in [-0.05, 0) is 46.5 Å². The highest BCUT2D eigenvalue weighted by atomic mass is 32.1. The van der Waals surface area contributed by atoms with Crippen molar-refractivity contribution in [1.29, 1.82) is 0 Å². The summed E-state index contributed by atoms with van der Waals surface area (Å²) in [7, 11) is 0. The molecule has 0 atom stereocenters. The summed E-state index contributed by atoms with van der Waals surface area (Å²) in [6.45, 7) is 4.61. The smallest absolute Gasteiger partial charge is 0.165 e. The maximum Gasteiger partial charge on any atom is 0.165 e. The first kappa shape index (κ1) is 28.1. The highest BCUT2D eigenvalue weighted by Gasteiger charge is 2.37. The van der Waals surface area contributed by atoms with Gasteiger partial charge in [0, 0.05) is 53.2 Å². The summed E-state index contributed by atoms with van der Waals surface area (Å²) in [4.78, 5) is 15.7. The molecule has 0 amide bonds. The number of benzene rings is 6. The molecule has 0 saturated heterocycles. The molecule has 0 unspecified atom stereocenters. The van der Waals surface area contributed by atoms with E-state index in [1.807, 2.05) is 18.2 Å². The Hall–Kier alpha value is -5.91. The Morgan fingerprint density at radius 1 is 0.531 bits per heavy atom. The van der Waals surface area contributed by atoms with E-state index >= 15 is 0 Å². The fourth-order valence-corrected chi connectivity index (χ4v) is 8.73. The predicted octanol–water partition coefficient (Wildman–Crippen LogP) is 12.0. The van der Waals surface area contributed by atoms with E-state index in [0.717, 1.165) is 39.0 Å². The van der Waals surface area contributed by atoms with Gasteiger partial charge in [0.05, 0.1) is 0 Å². The van der Waals surface area contributed by atoms with Crippen LogP contribution in [0.3, 0.4) is 0 Å². The van der Waals surface area contributed by atoms with E-state index in [-0.39, 0.29) is 5.41 Å². The van der Waals surface area contributed by atoms with Crippen molar-refractivity contribution in [3.05, 3.63) is 151 Å². The number of thiophene rings is 1. The zero-order valence-corrected chi connectivity index (χ0v) is 27.8. The highest BCUT2D eigenvalue weighted by Crippen LogP contribution is 2.51. The van der Waals surface area contributed by atoms with Crippen molar-refractivity contribution in [2.24, 2.45) is 0 Å². The van der Waals surface area contributed by atoms with Crippen LogP contribution in [0.2, 0.25) is 0 Å². The van der Waals surface area contributed by atoms with Crippen LogP contribution in [0, 0.1) is 0 Å². The van der Waals surface area contributed by atoms with Gasteiger partial charge in [-0.1, -0.05) is 129 Å².